The van der Waals surface area contributed by atoms with Gasteiger partial charge in [0.2, 0.25) is 0 Å². The van der Waals surface area contributed by atoms with Crippen LogP contribution in [0.25, 0.3) is 11.3 Å². The largest absolute Gasteiger partial charge is 0.493 e. The molecule has 2 nitrogen and oxygen atoms in total. The fourth-order valence-corrected chi connectivity index (χ4v) is 1.76. The van der Waals surface area contributed by atoms with Crippen molar-refractivity contribution in [3.05, 3.63) is 47.1 Å². The molecule has 2 aromatic rings. The third kappa shape index (κ3) is 2.31. The molecule has 0 radical (unpaired) electrons. The Bertz CT molecular complexity index is 533. The number of hydrogen-bond donors (Lipinski definition) is 1. The Balaban J connectivity index is 2.51. The first-order valence-corrected chi connectivity index (χ1v) is 5.63. The summed E-state index contributed by atoms with van der Waals surface area (Å²) in [6.07, 6.45) is 0. The molecule has 1 aromatic carbocycles. The molecule has 0 aliphatic rings. The Morgan fingerprint density at radius 3 is 2.69 bits per heavy atom. The minimum atomic E-state index is 0.657. The quantitative estimate of drug-likeness (QED) is 0.812. The summed E-state index contributed by atoms with van der Waals surface area (Å²) in [7, 11) is 0. The van der Waals surface area contributed by atoms with Gasteiger partial charge in [0, 0.05) is 5.56 Å². The van der Waals surface area contributed by atoms with Gasteiger partial charge in [-0.25, -0.2) is 0 Å². The van der Waals surface area contributed by atoms with Crippen LogP contribution in [0.1, 0.15) is 6.92 Å². The maximum atomic E-state index is 5.58. The highest BCUT2D eigenvalue weighted by atomic mass is 32.1. The Morgan fingerprint density at radius 1 is 1.12 bits per heavy atom. The molecule has 0 aliphatic carbocycles. The van der Waals surface area contributed by atoms with E-state index in [0.717, 1.165) is 21.6 Å². The van der Waals surface area contributed by atoms with Crippen LogP contribution in [0.15, 0.2) is 42.5 Å². The lowest BCUT2D eigenvalue weighted by atomic mass is 10.1. The minimum absolute atomic E-state index is 0.657. The fourth-order valence-electron chi connectivity index (χ4n) is 1.58. The number of rotatable bonds is 3. The molecule has 0 saturated carbocycles. The summed E-state index contributed by atoms with van der Waals surface area (Å²) in [6, 6.07) is 13.7. The van der Waals surface area contributed by atoms with E-state index < -0.39 is 0 Å². The Labute approximate surface area is 99.9 Å². The van der Waals surface area contributed by atoms with Gasteiger partial charge in [-0.05, 0) is 31.2 Å². The molecule has 1 heterocycles. The molecule has 0 unspecified atom stereocenters. The average Bonchev–Trinajstić information content (AvgIpc) is 2.30. The maximum absolute atomic E-state index is 5.58. The highest BCUT2D eigenvalue weighted by Gasteiger charge is 2.04. The van der Waals surface area contributed by atoms with Crippen LogP contribution in [0.4, 0.5) is 0 Å². The van der Waals surface area contributed by atoms with Gasteiger partial charge >= 0.3 is 0 Å². The third-order valence-electron chi connectivity index (χ3n) is 2.25. The van der Waals surface area contributed by atoms with E-state index in [1.807, 2.05) is 49.4 Å². The Morgan fingerprint density at radius 2 is 1.94 bits per heavy atom. The summed E-state index contributed by atoms with van der Waals surface area (Å²) in [5.41, 5.74) is 2.02. The molecule has 82 valence electrons. The predicted molar refractivity (Wildman–Crippen MR) is 68.2 cm³/mol. The number of H-pyrrole nitrogens is 1. The molecule has 1 aromatic heterocycles. The normalized spacial score (nSPS) is 10.1. The first kappa shape index (κ1) is 10.9. The number of hydrogen-bond acceptors (Lipinski definition) is 2. The van der Waals surface area contributed by atoms with Gasteiger partial charge in [0.15, 0.2) is 0 Å². The van der Waals surface area contributed by atoms with Crippen molar-refractivity contribution in [2.45, 2.75) is 6.92 Å². The number of ether oxygens (including phenoxy) is 1. The van der Waals surface area contributed by atoms with Gasteiger partial charge in [0.1, 0.15) is 10.4 Å². The average molecular weight is 231 g/mol. The van der Waals surface area contributed by atoms with Crippen LogP contribution in [0.5, 0.6) is 5.75 Å². The second-order valence-electron chi connectivity index (χ2n) is 3.36. The van der Waals surface area contributed by atoms with Crippen LogP contribution in [0, 0.1) is 4.64 Å². The summed E-state index contributed by atoms with van der Waals surface area (Å²) < 4.78 is 6.30. The number of nitrogens with one attached hydrogen (secondary N) is 1. The zero-order valence-electron chi connectivity index (χ0n) is 9.07. The molecule has 1 N–H and O–H groups in total. The monoisotopic (exact) mass is 231 g/mol. The molecule has 0 fully saturated rings. The van der Waals surface area contributed by atoms with Gasteiger partial charge < -0.3 is 9.72 Å². The SMILES string of the molecule is CCOc1ccccc1-c1cccc(=S)[nH]1. The van der Waals surface area contributed by atoms with Gasteiger partial charge in [0.05, 0.1) is 12.3 Å². The summed E-state index contributed by atoms with van der Waals surface area (Å²) in [6.45, 7) is 2.63. The van der Waals surface area contributed by atoms with Crippen molar-refractivity contribution in [2.75, 3.05) is 6.61 Å². The van der Waals surface area contributed by atoms with Gasteiger partial charge in [-0.2, -0.15) is 0 Å². The highest BCUT2D eigenvalue weighted by molar-refractivity contribution is 7.71. The number of aromatic amines is 1. The van der Waals surface area contributed by atoms with Crippen LogP contribution in [-0.2, 0) is 0 Å². The van der Waals surface area contributed by atoms with Crippen molar-refractivity contribution in [2.24, 2.45) is 0 Å². The standard InChI is InChI=1S/C13H13NOS/c1-2-15-12-8-4-3-6-10(12)11-7-5-9-13(16)14-11/h3-9H,2H2,1H3,(H,14,16). The van der Waals surface area contributed by atoms with Crippen LogP contribution in [0.2, 0.25) is 0 Å². The van der Waals surface area contributed by atoms with Crippen LogP contribution in [-0.4, -0.2) is 11.6 Å². The fraction of sp³-hybridized carbons (Fsp3) is 0.154. The van der Waals surface area contributed by atoms with Crippen molar-refractivity contribution in [1.82, 2.24) is 4.98 Å². The second-order valence-corrected chi connectivity index (χ2v) is 3.80. The summed E-state index contributed by atoms with van der Waals surface area (Å²) in [5.74, 6) is 0.877. The van der Waals surface area contributed by atoms with E-state index in [4.69, 9.17) is 17.0 Å². The van der Waals surface area contributed by atoms with E-state index in [0.29, 0.717) is 6.61 Å². The second kappa shape index (κ2) is 4.94. The van der Waals surface area contributed by atoms with Crippen molar-refractivity contribution in [3.63, 3.8) is 0 Å². The lowest BCUT2D eigenvalue weighted by Gasteiger charge is -2.09. The molecule has 2 rings (SSSR count). The van der Waals surface area contributed by atoms with Gasteiger partial charge in [-0.1, -0.05) is 30.4 Å². The van der Waals surface area contributed by atoms with Crippen LogP contribution < -0.4 is 4.74 Å². The van der Waals surface area contributed by atoms with Crippen molar-refractivity contribution in [1.29, 1.82) is 0 Å². The van der Waals surface area contributed by atoms with Gasteiger partial charge in [-0.3, -0.25) is 0 Å². The first-order valence-electron chi connectivity index (χ1n) is 5.23. The van der Waals surface area contributed by atoms with Crippen LogP contribution >= 0.6 is 12.2 Å². The predicted octanol–water partition coefficient (Wildman–Crippen LogP) is 3.81. The number of pyridine rings is 1. The smallest absolute Gasteiger partial charge is 0.128 e. The molecule has 0 spiro atoms. The molecular formula is C13H13NOS. The van der Waals surface area contributed by atoms with E-state index in [1.165, 1.54) is 0 Å². The van der Waals surface area contributed by atoms with E-state index in [2.05, 4.69) is 4.98 Å². The zero-order valence-corrected chi connectivity index (χ0v) is 9.88. The number of benzene rings is 1. The zero-order chi connectivity index (χ0) is 11.4. The lowest BCUT2D eigenvalue weighted by molar-refractivity contribution is 0.341. The Hall–Kier alpha value is -1.61. The molecule has 0 amide bonds. The maximum Gasteiger partial charge on any atom is 0.128 e. The molecule has 0 aliphatic heterocycles. The molecule has 0 saturated heterocycles. The van der Waals surface area contributed by atoms with E-state index in [-0.39, 0.29) is 0 Å². The third-order valence-corrected chi connectivity index (χ3v) is 2.48. The van der Waals surface area contributed by atoms with Gasteiger partial charge in [-0.15, -0.1) is 0 Å². The van der Waals surface area contributed by atoms with Crippen molar-refractivity contribution in [3.8, 4) is 17.0 Å². The highest BCUT2D eigenvalue weighted by Crippen LogP contribution is 2.27. The number of para-hydroxylation sites is 1. The lowest BCUT2D eigenvalue weighted by Crippen LogP contribution is -1.94. The molecule has 3 heteroatoms. The van der Waals surface area contributed by atoms with Crippen molar-refractivity contribution < 1.29 is 4.74 Å². The molecular weight excluding hydrogens is 218 g/mol. The number of aromatic nitrogens is 1. The molecule has 0 bridgehead atoms. The molecule has 16 heavy (non-hydrogen) atoms. The Kier molecular flexibility index (Phi) is 3.37. The van der Waals surface area contributed by atoms with E-state index in [9.17, 15) is 0 Å². The summed E-state index contributed by atoms with van der Waals surface area (Å²) in [4.78, 5) is 3.16. The topological polar surface area (TPSA) is 25.0 Å². The molecule has 0 atom stereocenters. The van der Waals surface area contributed by atoms with Crippen molar-refractivity contribution >= 4 is 12.2 Å². The van der Waals surface area contributed by atoms with E-state index in [1.54, 1.807) is 0 Å². The van der Waals surface area contributed by atoms with Crippen LogP contribution in [0.3, 0.4) is 0 Å². The summed E-state index contributed by atoms with van der Waals surface area (Å²) >= 11 is 5.11. The van der Waals surface area contributed by atoms with E-state index >= 15 is 0 Å². The summed E-state index contributed by atoms with van der Waals surface area (Å²) in [5, 5.41) is 0. The first-order chi connectivity index (χ1) is 7.81. The minimum Gasteiger partial charge on any atom is -0.493 e. The van der Waals surface area contributed by atoms with Gasteiger partial charge in [0.25, 0.3) is 0 Å².